The highest BCUT2D eigenvalue weighted by Gasteiger charge is 2.21. The highest BCUT2D eigenvalue weighted by Crippen LogP contribution is 2.18. The number of anilines is 1. The average Bonchev–Trinajstić information content (AvgIpc) is 2.66. The molecule has 1 N–H and O–H groups in total. The van der Waals surface area contributed by atoms with Gasteiger partial charge in [-0.2, -0.15) is 0 Å². The Balaban J connectivity index is 2.00. The zero-order chi connectivity index (χ0) is 20.7. The van der Waals surface area contributed by atoms with Crippen molar-refractivity contribution in [3.05, 3.63) is 64.7 Å². The van der Waals surface area contributed by atoms with Gasteiger partial charge in [0, 0.05) is 11.6 Å². The Morgan fingerprint density at radius 1 is 1.07 bits per heavy atom. The van der Waals surface area contributed by atoms with Gasteiger partial charge >= 0.3 is 5.97 Å². The van der Waals surface area contributed by atoms with Crippen molar-refractivity contribution in [1.82, 2.24) is 5.32 Å². The number of methoxy groups -OCH3 is 1. The van der Waals surface area contributed by atoms with Crippen molar-refractivity contribution in [1.29, 1.82) is 0 Å². The molecule has 1 amide bonds. The van der Waals surface area contributed by atoms with Crippen molar-refractivity contribution in [2.45, 2.75) is 6.42 Å². The first-order valence-electron chi connectivity index (χ1n) is 8.38. The molecule has 9 heteroatoms. The summed E-state index contributed by atoms with van der Waals surface area (Å²) in [4.78, 5) is 23.7. The molecule has 2 aromatic carbocycles. The average molecular weight is 425 g/mol. The maximum atomic E-state index is 12.2. The van der Waals surface area contributed by atoms with E-state index < -0.39 is 21.9 Å². The minimum Gasteiger partial charge on any atom is -0.465 e. The van der Waals surface area contributed by atoms with Crippen LogP contribution in [-0.2, 0) is 26.0 Å². The number of halogens is 1. The maximum absolute atomic E-state index is 12.2. The molecule has 0 saturated heterocycles. The van der Waals surface area contributed by atoms with Gasteiger partial charge in [-0.15, -0.1) is 0 Å². The lowest BCUT2D eigenvalue weighted by atomic mass is 10.1. The summed E-state index contributed by atoms with van der Waals surface area (Å²) < 4.78 is 29.8. The van der Waals surface area contributed by atoms with Crippen LogP contribution in [0.2, 0.25) is 5.02 Å². The topological polar surface area (TPSA) is 92.8 Å². The summed E-state index contributed by atoms with van der Waals surface area (Å²) in [6.07, 6.45) is 1.61. The number of carbonyl (C=O) groups is 2. The van der Waals surface area contributed by atoms with E-state index in [1.54, 1.807) is 12.1 Å². The molecule has 7 nitrogen and oxygen atoms in total. The van der Waals surface area contributed by atoms with Crippen LogP contribution in [0.25, 0.3) is 0 Å². The summed E-state index contributed by atoms with van der Waals surface area (Å²) >= 11 is 5.83. The number of benzene rings is 2. The Labute approximate surface area is 169 Å². The lowest BCUT2D eigenvalue weighted by Crippen LogP contribution is -2.41. The van der Waals surface area contributed by atoms with Gasteiger partial charge < -0.3 is 10.1 Å². The van der Waals surface area contributed by atoms with Crippen molar-refractivity contribution < 1.29 is 22.7 Å². The fourth-order valence-electron chi connectivity index (χ4n) is 2.47. The van der Waals surface area contributed by atoms with Gasteiger partial charge in [0.2, 0.25) is 15.9 Å². The number of rotatable bonds is 8. The fraction of sp³-hybridized carbons (Fsp3) is 0.263. The van der Waals surface area contributed by atoms with Crippen LogP contribution < -0.4 is 9.62 Å². The third-order valence-electron chi connectivity index (χ3n) is 3.91. The van der Waals surface area contributed by atoms with Gasteiger partial charge in [-0.1, -0.05) is 23.7 Å². The van der Waals surface area contributed by atoms with E-state index >= 15 is 0 Å². The summed E-state index contributed by atoms with van der Waals surface area (Å²) in [5.41, 5.74) is 1.57. The summed E-state index contributed by atoms with van der Waals surface area (Å²) in [7, 11) is -2.43. The molecule has 0 fully saturated rings. The van der Waals surface area contributed by atoms with Crippen LogP contribution in [0.5, 0.6) is 0 Å². The first-order valence-corrected chi connectivity index (χ1v) is 10.6. The Bertz CT molecular complexity index is 928. The van der Waals surface area contributed by atoms with Crippen LogP contribution >= 0.6 is 11.6 Å². The van der Waals surface area contributed by atoms with E-state index in [2.05, 4.69) is 10.1 Å². The van der Waals surface area contributed by atoms with Crippen LogP contribution in [0.3, 0.4) is 0 Å². The maximum Gasteiger partial charge on any atom is 0.337 e. The van der Waals surface area contributed by atoms with Crippen molar-refractivity contribution in [2.24, 2.45) is 0 Å². The SMILES string of the molecule is COC(=O)c1ccc(N(CC(=O)NCCc2ccc(Cl)cc2)S(C)(=O)=O)cc1. The van der Waals surface area contributed by atoms with Crippen molar-refractivity contribution >= 4 is 39.2 Å². The molecule has 2 rings (SSSR count). The Morgan fingerprint density at radius 2 is 1.68 bits per heavy atom. The number of sulfonamides is 1. The second-order valence-electron chi connectivity index (χ2n) is 6.03. The van der Waals surface area contributed by atoms with E-state index in [1.807, 2.05) is 12.1 Å². The first kappa shape index (κ1) is 21.7. The zero-order valence-corrected chi connectivity index (χ0v) is 17.1. The number of hydrogen-bond donors (Lipinski definition) is 1. The molecular weight excluding hydrogens is 404 g/mol. The standard InChI is InChI=1S/C19H21ClN2O5S/c1-27-19(24)15-5-9-17(10-6-15)22(28(2,25)26)13-18(23)21-12-11-14-3-7-16(20)8-4-14/h3-10H,11-13H2,1-2H3,(H,21,23). The molecule has 150 valence electrons. The second-order valence-corrected chi connectivity index (χ2v) is 8.38. The van der Waals surface area contributed by atoms with Crippen molar-refractivity contribution in [2.75, 3.05) is 30.8 Å². The molecule has 0 bridgehead atoms. The smallest absolute Gasteiger partial charge is 0.337 e. The van der Waals surface area contributed by atoms with E-state index in [0.717, 1.165) is 16.1 Å². The number of amides is 1. The minimum atomic E-state index is -3.69. The molecule has 0 aliphatic rings. The summed E-state index contributed by atoms with van der Waals surface area (Å²) in [5, 5.41) is 3.34. The number of esters is 1. The molecule has 0 spiro atoms. The van der Waals surface area contributed by atoms with E-state index in [0.29, 0.717) is 18.0 Å². The molecular formula is C19H21ClN2O5S. The quantitative estimate of drug-likeness (QED) is 0.656. The van der Waals surface area contributed by atoms with Gasteiger partial charge in [0.15, 0.2) is 0 Å². The van der Waals surface area contributed by atoms with Crippen LogP contribution in [0.1, 0.15) is 15.9 Å². The van der Waals surface area contributed by atoms with E-state index in [1.165, 1.54) is 31.4 Å². The molecule has 2 aromatic rings. The predicted molar refractivity (Wildman–Crippen MR) is 108 cm³/mol. The highest BCUT2D eigenvalue weighted by atomic mass is 35.5. The number of carbonyl (C=O) groups excluding carboxylic acids is 2. The van der Waals surface area contributed by atoms with Gasteiger partial charge in [-0.25, -0.2) is 13.2 Å². The molecule has 0 aliphatic heterocycles. The van der Waals surface area contributed by atoms with E-state index in [9.17, 15) is 18.0 Å². The van der Waals surface area contributed by atoms with Crippen LogP contribution in [-0.4, -0.2) is 46.7 Å². The first-order chi connectivity index (χ1) is 13.2. The second kappa shape index (κ2) is 9.57. The van der Waals surface area contributed by atoms with Crippen LogP contribution in [0.15, 0.2) is 48.5 Å². The Kier molecular flexibility index (Phi) is 7.42. The Hall–Kier alpha value is -2.58. The summed E-state index contributed by atoms with van der Waals surface area (Å²) in [6.45, 7) is -0.00360. The largest absolute Gasteiger partial charge is 0.465 e. The monoisotopic (exact) mass is 424 g/mol. The number of nitrogens with one attached hydrogen (secondary N) is 1. The van der Waals surface area contributed by atoms with Gasteiger partial charge in [-0.05, 0) is 48.4 Å². The van der Waals surface area contributed by atoms with Gasteiger partial charge in [-0.3, -0.25) is 9.10 Å². The number of ether oxygens (including phenoxy) is 1. The molecule has 0 atom stereocenters. The fourth-order valence-corrected chi connectivity index (χ4v) is 3.45. The van der Waals surface area contributed by atoms with Gasteiger partial charge in [0.25, 0.3) is 0 Å². The minimum absolute atomic E-state index is 0.281. The summed E-state index contributed by atoms with van der Waals surface area (Å²) in [6, 6.07) is 13.0. The number of hydrogen-bond acceptors (Lipinski definition) is 5. The zero-order valence-electron chi connectivity index (χ0n) is 15.5. The number of nitrogens with zero attached hydrogens (tertiary/aromatic N) is 1. The van der Waals surface area contributed by atoms with Crippen molar-refractivity contribution in [3.8, 4) is 0 Å². The molecule has 0 unspecified atom stereocenters. The molecule has 0 radical (unpaired) electrons. The lowest BCUT2D eigenvalue weighted by molar-refractivity contribution is -0.119. The molecule has 28 heavy (non-hydrogen) atoms. The lowest BCUT2D eigenvalue weighted by Gasteiger charge is -2.22. The molecule has 0 heterocycles. The van der Waals surface area contributed by atoms with Gasteiger partial charge in [0.05, 0.1) is 24.6 Å². The van der Waals surface area contributed by atoms with Gasteiger partial charge in [0.1, 0.15) is 6.54 Å². The molecule has 0 aliphatic carbocycles. The molecule has 0 aromatic heterocycles. The molecule has 0 saturated carbocycles. The van der Waals surface area contributed by atoms with Crippen LogP contribution in [0, 0.1) is 0 Å². The van der Waals surface area contributed by atoms with E-state index in [-0.39, 0.29) is 17.8 Å². The third kappa shape index (κ3) is 6.24. The third-order valence-corrected chi connectivity index (χ3v) is 5.31. The predicted octanol–water partition coefficient (Wildman–Crippen LogP) is 2.25. The van der Waals surface area contributed by atoms with Crippen LogP contribution in [0.4, 0.5) is 5.69 Å². The normalized spacial score (nSPS) is 11.0. The van der Waals surface area contributed by atoms with E-state index in [4.69, 9.17) is 11.6 Å². The highest BCUT2D eigenvalue weighted by molar-refractivity contribution is 7.92. The summed E-state index contributed by atoms with van der Waals surface area (Å²) in [5.74, 6) is -0.964. The van der Waals surface area contributed by atoms with Crippen molar-refractivity contribution in [3.63, 3.8) is 0 Å². The Morgan fingerprint density at radius 3 is 2.21 bits per heavy atom.